The summed E-state index contributed by atoms with van der Waals surface area (Å²) in [6, 6.07) is 22.6. The zero-order valence-corrected chi connectivity index (χ0v) is 17.9. The summed E-state index contributed by atoms with van der Waals surface area (Å²) in [5.74, 6) is 2.84. The number of aryl methyl sites for hydroxylation is 1. The van der Waals surface area contributed by atoms with Crippen molar-refractivity contribution in [1.29, 1.82) is 0 Å². The van der Waals surface area contributed by atoms with Gasteiger partial charge in [0.15, 0.2) is 0 Å². The molecule has 148 valence electrons. The molecule has 0 spiro atoms. The number of rotatable bonds is 3. The maximum Gasteiger partial charge on any atom is 0.408 e. The van der Waals surface area contributed by atoms with Gasteiger partial charge in [0.1, 0.15) is 12.1 Å². The van der Waals surface area contributed by atoms with Crippen LogP contribution in [0.4, 0.5) is 4.79 Å². The maximum absolute atomic E-state index is 12.8. The quantitative estimate of drug-likeness (QED) is 0.507. The minimum absolute atomic E-state index is 0.0248. The molecule has 1 atom stereocenters. The van der Waals surface area contributed by atoms with E-state index in [0.29, 0.717) is 6.42 Å². The molecule has 1 unspecified atom stereocenters. The molecule has 30 heavy (non-hydrogen) atoms. The lowest BCUT2D eigenvalue weighted by Crippen LogP contribution is -2.43. The molecule has 0 heterocycles. The minimum atomic E-state index is -0.821. The summed E-state index contributed by atoms with van der Waals surface area (Å²) < 4.78 is 6.72. The Morgan fingerprint density at radius 2 is 1.77 bits per heavy atom. The number of hydrogen-bond acceptors (Lipinski definition) is 2. The maximum atomic E-state index is 12.8. The third kappa shape index (κ3) is 3.02. The number of fused-ring (bicyclic) bond motifs is 4. The van der Waals surface area contributed by atoms with Crippen LogP contribution in [0.1, 0.15) is 34.6 Å². The van der Waals surface area contributed by atoms with Crippen molar-refractivity contribution in [3.63, 3.8) is 0 Å². The summed E-state index contributed by atoms with van der Waals surface area (Å²) in [7, 11) is 0. The highest BCUT2D eigenvalue weighted by Gasteiger charge is 2.39. The lowest BCUT2D eigenvalue weighted by Gasteiger charge is -2.26. The molecule has 2 aliphatic rings. The number of halogens is 1. The van der Waals surface area contributed by atoms with Gasteiger partial charge in [-0.05, 0) is 58.4 Å². The minimum Gasteiger partial charge on any atom is -0.449 e. The Hall–Kier alpha value is -3.03. The van der Waals surface area contributed by atoms with Crippen molar-refractivity contribution in [2.24, 2.45) is 0 Å². The molecular weight excluding hydrogens is 438 g/mol. The van der Waals surface area contributed by atoms with Gasteiger partial charge in [-0.2, -0.15) is 0 Å². The molecule has 0 saturated heterocycles. The molecule has 3 aromatic rings. The monoisotopic (exact) mass is 457 g/mol. The number of carbonyl (C=O) groups is 1. The summed E-state index contributed by atoms with van der Waals surface area (Å²) in [5.41, 5.74) is 6.10. The molecule has 0 bridgehead atoms. The predicted molar refractivity (Wildman–Crippen MR) is 121 cm³/mol. The van der Waals surface area contributed by atoms with E-state index in [1.54, 1.807) is 0 Å². The van der Waals surface area contributed by atoms with Crippen molar-refractivity contribution in [3.05, 3.63) is 93.5 Å². The van der Waals surface area contributed by atoms with E-state index in [2.05, 4.69) is 57.5 Å². The van der Waals surface area contributed by atoms with Crippen molar-refractivity contribution >= 4 is 22.0 Å². The Bertz CT molecular complexity index is 1150. The van der Waals surface area contributed by atoms with Crippen LogP contribution in [-0.2, 0) is 16.7 Å². The van der Waals surface area contributed by atoms with Crippen LogP contribution in [0.25, 0.3) is 11.1 Å². The van der Waals surface area contributed by atoms with Crippen LogP contribution in [0.5, 0.6) is 0 Å². The van der Waals surface area contributed by atoms with E-state index in [1.807, 2.05) is 36.4 Å². The summed E-state index contributed by atoms with van der Waals surface area (Å²) in [6.45, 7) is 0.272. The molecule has 0 radical (unpaired) electrons. The number of ether oxygens (including phenoxy) is 1. The van der Waals surface area contributed by atoms with Gasteiger partial charge >= 0.3 is 6.09 Å². The van der Waals surface area contributed by atoms with E-state index in [0.717, 1.165) is 22.0 Å². The highest BCUT2D eigenvalue weighted by Crippen LogP contribution is 2.44. The van der Waals surface area contributed by atoms with Gasteiger partial charge in [-0.1, -0.05) is 76.4 Å². The zero-order chi connectivity index (χ0) is 20.7. The van der Waals surface area contributed by atoms with Gasteiger partial charge in [0, 0.05) is 10.4 Å². The number of amides is 1. The van der Waals surface area contributed by atoms with Crippen LogP contribution < -0.4 is 5.32 Å². The van der Waals surface area contributed by atoms with Gasteiger partial charge in [-0.25, -0.2) is 4.79 Å². The highest BCUT2D eigenvalue weighted by molar-refractivity contribution is 9.10. The first-order chi connectivity index (χ1) is 14.6. The molecule has 2 aliphatic carbocycles. The Morgan fingerprint density at radius 1 is 1.10 bits per heavy atom. The molecule has 5 rings (SSSR count). The molecule has 4 heteroatoms. The van der Waals surface area contributed by atoms with Crippen LogP contribution in [0.3, 0.4) is 0 Å². The molecule has 0 aromatic heterocycles. The summed E-state index contributed by atoms with van der Waals surface area (Å²) >= 11 is 3.50. The number of terminal acetylenes is 1. The Balaban J connectivity index is 1.35. The molecular formula is C26H20BrNO2. The second-order valence-electron chi connectivity index (χ2n) is 7.80. The van der Waals surface area contributed by atoms with Crippen molar-refractivity contribution in [2.45, 2.75) is 24.3 Å². The Labute approximate surface area is 184 Å². The average Bonchev–Trinajstić information content (AvgIpc) is 3.28. The SMILES string of the molecule is C#CC1(NC(=O)OCC2c3ccccc3-c3ccccc32)CCc2cc(Br)ccc21. The van der Waals surface area contributed by atoms with Crippen molar-refractivity contribution in [3.8, 4) is 23.5 Å². The number of carbonyl (C=O) groups excluding carboxylic acids is 1. The molecule has 1 amide bonds. The lowest BCUT2D eigenvalue weighted by molar-refractivity contribution is 0.134. The topological polar surface area (TPSA) is 38.3 Å². The first-order valence-corrected chi connectivity index (χ1v) is 10.8. The Morgan fingerprint density at radius 3 is 2.43 bits per heavy atom. The Kier molecular flexibility index (Phi) is 4.64. The van der Waals surface area contributed by atoms with E-state index in [4.69, 9.17) is 11.2 Å². The normalized spacial score (nSPS) is 18.8. The number of alkyl carbamates (subject to hydrolysis) is 1. The molecule has 1 N–H and O–H groups in total. The summed E-state index contributed by atoms with van der Waals surface area (Å²) in [5, 5.41) is 2.98. The fraction of sp³-hybridized carbons (Fsp3) is 0.192. The van der Waals surface area contributed by atoms with Crippen molar-refractivity contribution in [2.75, 3.05) is 6.61 Å². The number of nitrogens with one attached hydrogen (secondary N) is 1. The third-order valence-corrected chi connectivity index (χ3v) is 6.70. The van der Waals surface area contributed by atoms with Gasteiger partial charge in [-0.15, -0.1) is 6.42 Å². The van der Waals surface area contributed by atoms with Crippen molar-refractivity contribution < 1.29 is 9.53 Å². The van der Waals surface area contributed by atoms with E-state index < -0.39 is 11.6 Å². The smallest absolute Gasteiger partial charge is 0.408 e. The number of hydrogen-bond donors (Lipinski definition) is 1. The second-order valence-corrected chi connectivity index (χ2v) is 8.72. The molecule has 0 aliphatic heterocycles. The van der Waals surface area contributed by atoms with Crippen LogP contribution in [0.15, 0.2) is 71.2 Å². The van der Waals surface area contributed by atoms with E-state index in [-0.39, 0.29) is 12.5 Å². The van der Waals surface area contributed by atoms with Gasteiger partial charge in [0.05, 0.1) is 0 Å². The molecule has 3 aromatic carbocycles. The second kappa shape index (κ2) is 7.34. The van der Waals surface area contributed by atoms with Gasteiger partial charge in [0.25, 0.3) is 0 Å². The largest absolute Gasteiger partial charge is 0.449 e. The van der Waals surface area contributed by atoms with Crippen LogP contribution in [0, 0.1) is 12.3 Å². The molecule has 0 saturated carbocycles. The van der Waals surface area contributed by atoms with Crippen LogP contribution in [0.2, 0.25) is 0 Å². The lowest BCUT2D eigenvalue weighted by atomic mass is 9.93. The first-order valence-electron chi connectivity index (χ1n) is 10.0. The summed E-state index contributed by atoms with van der Waals surface area (Å²) in [6.07, 6.45) is 6.89. The van der Waals surface area contributed by atoms with Crippen LogP contribution >= 0.6 is 15.9 Å². The van der Waals surface area contributed by atoms with E-state index >= 15 is 0 Å². The standard InChI is InChI=1S/C26H20BrNO2/c1-2-26(14-13-17-15-18(27)11-12-24(17)26)28-25(29)30-16-23-21-9-5-3-7-19(21)20-8-4-6-10-22(20)23/h1,3-12,15,23H,13-14,16H2,(H,28,29). The predicted octanol–water partition coefficient (Wildman–Crippen LogP) is 5.76. The van der Waals surface area contributed by atoms with E-state index in [9.17, 15) is 4.79 Å². The summed E-state index contributed by atoms with van der Waals surface area (Å²) in [4.78, 5) is 12.8. The number of benzene rings is 3. The van der Waals surface area contributed by atoms with Gasteiger partial charge < -0.3 is 10.1 Å². The third-order valence-electron chi connectivity index (χ3n) is 6.20. The fourth-order valence-electron chi connectivity index (χ4n) is 4.77. The zero-order valence-electron chi connectivity index (χ0n) is 16.3. The van der Waals surface area contributed by atoms with Gasteiger partial charge in [-0.3, -0.25) is 0 Å². The molecule has 0 fully saturated rings. The average molecular weight is 458 g/mol. The van der Waals surface area contributed by atoms with Crippen LogP contribution in [-0.4, -0.2) is 12.7 Å². The van der Waals surface area contributed by atoms with Gasteiger partial charge in [0.2, 0.25) is 0 Å². The molecule has 3 nitrogen and oxygen atoms in total. The first kappa shape index (κ1) is 19.0. The van der Waals surface area contributed by atoms with E-state index in [1.165, 1.54) is 22.3 Å². The fourth-order valence-corrected chi connectivity index (χ4v) is 5.18. The van der Waals surface area contributed by atoms with Crippen molar-refractivity contribution in [1.82, 2.24) is 5.32 Å². The highest BCUT2D eigenvalue weighted by atomic mass is 79.9.